The van der Waals surface area contributed by atoms with E-state index in [0.717, 1.165) is 8.04 Å². The van der Waals surface area contributed by atoms with Crippen LogP contribution < -0.4 is 0 Å². The van der Waals surface area contributed by atoms with Crippen LogP contribution in [0.3, 0.4) is 0 Å². The second-order valence-corrected chi connectivity index (χ2v) is 6.45. The number of halogens is 2. The summed E-state index contributed by atoms with van der Waals surface area (Å²) in [7, 11) is 1.65. The van der Waals surface area contributed by atoms with Gasteiger partial charge in [0, 0.05) is 28.2 Å². The fourth-order valence-corrected chi connectivity index (χ4v) is 2.73. The van der Waals surface area contributed by atoms with Gasteiger partial charge in [-0.2, -0.15) is 0 Å². The van der Waals surface area contributed by atoms with Gasteiger partial charge in [-0.3, -0.25) is 9.59 Å². The zero-order valence-electron chi connectivity index (χ0n) is 11.8. The molecule has 0 saturated heterocycles. The molecule has 0 N–H and O–H groups in total. The molecule has 110 valence electrons. The quantitative estimate of drug-likeness (QED) is 0.644. The van der Waals surface area contributed by atoms with E-state index in [0.29, 0.717) is 18.7 Å². The second-order valence-electron chi connectivity index (χ2n) is 4.35. The number of carbonyl (C=O) groups excluding carboxylic acids is 2. The average molecular weight is 453 g/mol. The topological polar surface area (TPSA) is 40.6 Å². The number of benzene rings is 1. The molecule has 2 amide bonds. The van der Waals surface area contributed by atoms with Gasteiger partial charge in [-0.15, -0.1) is 0 Å². The van der Waals surface area contributed by atoms with Gasteiger partial charge in [0.2, 0.25) is 5.91 Å². The van der Waals surface area contributed by atoms with Gasteiger partial charge < -0.3 is 9.80 Å². The zero-order chi connectivity index (χ0) is 15.3. The molecule has 0 aromatic heterocycles. The number of carbonyl (C=O) groups is 2. The van der Waals surface area contributed by atoms with Gasteiger partial charge in [0.05, 0.1) is 12.1 Å². The fraction of sp³-hybridized carbons (Fsp3) is 0.429. The Kier molecular flexibility index (Phi) is 6.94. The van der Waals surface area contributed by atoms with E-state index in [1.165, 1.54) is 4.90 Å². The van der Waals surface area contributed by atoms with E-state index in [4.69, 9.17) is 0 Å². The Morgan fingerprint density at radius 1 is 1.25 bits per heavy atom. The van der Waals surface area contributed by atoms with Crippen molar-refractivity contribution in [2.45, 2.75) is 13.8 Å². The van der Waals surface area contributed by atoms with Crippen LogP contribution in [0.5, 0.6) is 0 Å². The molecule has 0 aliphatic rings. The van der Waals surface area contributed by atoms with Crippen molar-refractivity contribution in [2.24, 2.45) is 0 Å². The number of hydrogen-bond donors (Lipinski definition) is 0. The summed E-state index contributed by atoms with van der Waals surface area (Å²) in [6, 6.07) is 5.57. The molecule has 6 heteroatoms. The van der Waals surface area contributed by atoms with Crippen LogP contribution in [0, 0.1) is 3.57 Å². The number of amides is 2. The summed E-state index contributed by atoms with van der Waals surface area (Å²) in [5.74, 6) is -0.191. The molecule has 1 rings (SSSR count). The molecule has 0 spiro atoms. The van der Waals surface area contributed by atoms with Gasteiger partial charge >= 0.3 is 0 Å². The van der Waals surface area contributed by atoms with Gasteiger partial charge in [0.25, 0.3) is 5.91 Å². The molecule has 0 saturated carbocycles. The monoisotopic (exact) mass is 452 g/mol. The molecule has 0 aliphatic carbocycles. The minimum atomic E-state index is -0.157. The van der Waals surface area contributed by atoms with Crippen LogP contribution in [0.25, 0.3) is 0 Å². The Labute approximate surface area is 141 Å². The fourth-order valence-electron chi connectivity index (χ4n) is 1.82. The standard InChI is InChI=1S/C14H18BrIN2O2/c1-4-18(5-2)13(19)9-17(3)14(20)11-8-10(16)6-7-12(11)15/h6-8H,4-5,9H2,1-3H3. The minimum absolute atomic E-state index is 0.0346. The van der Waals surface area contributed by atoms with E-state index >= 15 is 0 Å². The van der Waals surface area contributed by atoms with E-state index in [1.807, 2.05) is 32.0 Å². The third-order valence-corrected chi connectivity index (χ3v) is 4.36. The first-order chi connectivity index (χ1) is 9.40. The highest BCUT2D eigenvalue weighted by Crippen LogP contribution is 2.20. The van der Waals surface area contributed by atoms with Crippen molar-refractivity contribution in [1.82, 2.24) is 9.80 Å². The first-order valence-electron chi connectivity index (χ1n) is 6.39. The van der Waals surface area contributed by atoms with Gasteiger partial charge in [0.1, 0.15) is 0 Å². The third kappa shape index (κ3) is 4.44. The minimum Gasteiger partial charge on any atom is -0.342 e. The van der Waals surface area contributed by atoms with Crippen LogP contribution in [0.15, 0.2) is 22.7 Å². The van der Waals surface area contributed by atoms with E-state index in [-0.39, 0.29) is 18.4 Å². The predicted octanol–water partition coefficient (Wildman–Crippen LogP) is 2.99. The molecule has 0 atom stereocenters. The number of likely N-dealkylation sites (N-methyl/N-ethyl adjacent to an activating group) is 2. The number of hydrogen-bond acceptors (Lipinski definition) is 2. The number of rotatable bonds is 5. The molecule has 0 unspecified atom stereocenters. The Morgan fingerprint density at radius 2 is 1.85 bits per heavy atom. The molecule has 0 heterocycles. The summed E-state index contributed by atoms with van der Waals surface area (Å²) in [4.78, 5) is 27.6. The van der Waals surface area contributed by atoms with Gasteiger partial charge in [-0.05, 0) is 70.6 Å². The van der Waals surface area contributed by atoms with E-state index in [9.17, 15) is 9.59 Å². The first kappa shape index (κ1) is 17.4. The van der Waals surface area contributed by atoms with Crippen molar-refractivity contribution >= 4 is 50.3 Å². The van der Waals surface area contributed by atoms with Crippen LogP contribution in [-0.4, -0.2) is 48.3 Å². The molecule has 0 bridgehead atoms. The highest BCUT2D eigenvalue weighted by Gasteiger charge is 2.19. The molecule has 0 fully saturated rings. The van der Waals surface area contributed by atoms with Crippen molar-refractivity contribution < 1.29 is 9.59 Å². The van der Waals surface area contributed by atoms with E-state index < -0.39 is 0 Å². The van der Waals surface area contributed by atoms with Crippen LogP contribution in [0.2, 0.25) is 0 Å². The SMILES string of the molecule is CCN(CC)C(=O)CN(C)C(=O)c1cc(I)ccc1Br. The van der Waals surface area contributed by atoms with Crippen LogP contribution in [0.4, 0.5) is 0 Å². The van der Waals surface area contributed by atoms with Crippen molar-refractivity contribution in [1.29, 1.82) is 0 Å². The highest BCUT2D eigenvalue weighted by atomic mass is 127. The van der Waals surface area contributed by atoms with E-state index in [1.54, 1.807) is 11.9 Å². The summed E-state index contributed by atoms with van der Waals surface area (Å²) >= 11 is 5.54. The van der Waals surface area contributed by atoms with Gasteiger partial charge in [-0.1, -0.05) is 0 Å². The summed E-state index contributed by atoms with van der Waals surface area (Å²) in [6.07, 6.45) is 0. The van der Waals surface area contributed by atoms with Crippen LogP contribution in [-0.2, 0) is 4.79 Å². The molecule has 0 aliphatic heterocycles. The molecular weight excluding hydrogens is 435 g/mol. The molecule has 20 heavy (non-hydrogen) atoms. The van der Waals surface area contributed by atoms with Crippen molar-refractivity contribution in [3.8, 4) is 0 Å². The molecule has 1 aromatic rings. The molecule has 0 radical (unpaired) electrons. The largest absolute Gasteiger partial charge is 0.342 e. The summed E-state index contributed by atoms with van der Waals surface area (Å²) in [6.45, 7) is 5.27. The zero-order valence-corrected chi connectivity index (χ0v) is 15.6. The lowest BCUT2D eigenvalue weighted by atomic mass is 10.2. The molecule has 1 aromatic carbocycles. The summed E-state index contributed by atoms with van der Waals surface area (Å²) in [5, 5.41) is 0. The highest BCUT2D eigenvalue weighted by molar-refractivity contribution is 14.1. The number of nitrogens with zero attached hydrogens (tertiary/aromatic N) is 2. The Bertz CT molecular complexity index is 504. The first-order valence-corrected chi connectivity index (χ1v) is 8.26. The van der Waals surface area contributed by atoms with Crippen LogP contribution in [0.1, 0.15) is 24.2 Å². The lowest BCUT2D eigenvalue weighted by Gasteiger charge is -2.23. The maximum atomic E-state index is 12.4. The maximum absolute atomic E-state index is 12.4. The Hall–Kier alpha value is -0.630. The normalized spacial score (nSPS) is 10.2. The third-order valence-electron chi connectivity index (χ3n) is 2.99. The maximum Gasteiger partial charge on any atom is 0.255 e. The van der Waals surface area contributed by atoms with Gasteiger partial charge in [-0.25, -0.2) is 0 Å². The Balaban J connectivity index is 2.82. The van der Waals surface area contributed by atoms with E-state index in [2.05, 4.69) is 38.5 Å². The summed E-state index contributed by atoms with van der Waals surface area (Å²) in [5.41, 5.74) is 0.576. The summed E-state index contributed by atoms with van der Waals surface area (Å²) < 4.78 is 1.72. The van der Waals surface area contributed by atoms with Crippen molar-refractivity contribution in [3.05, 3.63) is 31.8 Å². The van der Waals surface area contributed by atoms with Crippen molar-refractivity contribution in [2.75, 3.05) is 26.7 Å². The molecular formula is C14H18BrIN2O2. The molecule has 4 nitrogen and oxygen atoms in total. The predicted molar refractivity (Wildman–Crippen MR) is 91.7 cm³/mol. The second kappa shape index (κ2) is 7.97. The lowest BCUT2D eigenvalue weighted by molar-refractivity contribution is -0.131. The van der Waals surface area contributed by atoms with Gasteiger partial charge in [0.15, 0.2) is 0 Å². The lowest BCUT2D eigenvalue weighted by Crippen LogP contribution is -2.41. The average Bonchev–Trinajstić information content (AvgIpc) is 2.42. The Morgan fingerprint density at radius 3 is 2.40 bits per heavy atom. The smallest absolute Gasteiger partial charge is 0.255 e. The van der Waals surface area contributed by atoms with Crippen LogP contribution >= 0.6 is 38.5 Å². The van der Waals surface area contributed by atoms with Crippen molar-refractivity contribution in [3.63, 3.8) is 0 Å².